The summed E-state index contributed by atoms with van der Waals surface area (Å²) in [5.41, 5.74) is 1.70. The van der Waals surface area contributed by atoms with E-state index in [0.717, 1.165) is 31.4 Å². The summed E-state index contributed by atoms with van der Waals surface area (Å²) in [5, 5.41) is 13.0. The summed E-state index contributed by atoms with van der Waals surface area (Å²) < 4.78 is 4.79. The third kappa shape index (κ3) is 4.17. The molecule has 2 heterocycles. The van der Waals surface area contributed by atoms with E-state index in [1.165, 1.54) is 7.11 Å². The van der Waals surface area contributed by atoms with Crippen molar-refractivity contribution in [2.24, 2.45) is 0 Å². The minimum atomic E-state index is -1.11. The number of aromatic nitrogens is 2. The molecule has 3 rings (SSSR count). The van der Waals surface area contributed by atoms with Crippen molar-refractivity contribution in [2.75, 3.05) is 25.5 Å². The fourth-order valence-electron chi connectivity index (χ4n) is 3.42. The van der Waals surface area contributed by atoms with Gasteiger partial charge in [0.25, 0.3) is 0 Å². The van der Waals surface area contributed by atoms with Gasteiger partial charge in [0.15, 0.2) is 11.7 Å². The van der Waals surface area contributed by atoms with Crippen LogP contribution >= 0.6 is 0 Å². The summed E-state index contributed by atoms with van der Waals surface area (Å²) in [6.45, 7) is 6.41. The van der Waals surface area contributed by atoms with E-state index in [4.69, 9.17) is 4.74 Å². The summed E-state index contributed by atoms with van der Waals surface area (Å²) in [6, 6.07) is 10.2. The Kier molecular flexibility index (Phi) is 5.87. The van der Waals surface area contributed by atoms with Crippen LogP contribution in [0.2, 0.25) is 0 Å². The Morgan fingerprint density at radius 3 is 2.44 bits per heavy atom. The number of nitrogens with zero attached hydrogens (tertiary/aromatic N) is 4. The minimum absolute atomic E-state index is 0.228. The first-order chi connectivity index (χ1) is 13.0. The quantitative estimate of drug-likeness (QED) is 0.812. The molecule has 0 bridgehead atoms. The first-order valence-electron chi connectivity index (χ1n) is 9.28. The molecule has 1 fully saturated rings. The highest BCUT2D eigenvalue weighted by Gasteiger charge is 2.29. The lowest BCUT2D eigenvalue weighted by Crippen LogP contribution is -2.42. The Labute approximate surface area is 159 Å². The number of likely N-dealkylation sites (tertiary alicyclic amines) is 1. The molecule has 2 aromatic rings. The summed E-state index contributed by atoms with van der Waals surface area (Å²) in [5.74, 6) is -1.24. The number of benzene rings is 1. The summed E-state index contributed by atoms with van der Waals surface area (Å²) in [7, 11) is 1.27. The number of carbonyl (C=O) groups is 1. The van der Waals surface area contributed by atoms with Gasteiger partial charge in [0.05, 0.1) is 24.2 Å². The van der Waals surface area contributed by atoms with Gasteiger partial charge in [0.2, 0.25) is 0 Å². The van der Waals surface area contributed by atoms with Crippen LogP contribution in [0.15, 0.2) is 24.3 Å². The van der Waals surface area contributed by atoms with E-state index in [9.17, 15) is 10.1 Å². The first-order valence-corrected chi connectivity index (χ1v) is 9.28. The van der Waals surface area contributed by atoms with Crippen LogP contribution in [0.25, 0.3) is 11.0 Å². The van der Waals surface area contributed by atoms with Crippen molar-refractivity contribution in [2.45, 2.75) is 44.7 Å². The van der Waals surface area contributed by atoms with Crippen LogP contribution < -0.4 is 5.32 Å². The second-order valence-corrected chi connectivity index (χ2v) is 7.08. The average molecular weight is 367 g/mol. The van der Waals surface area contributed by atoms with Crippen molar-refractivity contribution in [1.82, 2.24) is 14.9 Å². The predicted molar refractivity (Wildman–Crippen MR) is 103 cm³/mol. The highest BCUT2D eigenvalue weighted by molar-refractivity contribution is 5.84. The van der Waals surface area contributed by atoms with E-state index < -0.39 is 11.9 Å². The van der Waals surface area contributed by atoms with Crippen LogP contribution in [-0.2, 0) is 9.53 Å². The molecular formula is C20H25N5O2. The van der Waals surface area contributed by atoms with Gasteiger partial charge in [-0.05, 0) is 38.8 Å². The molecule has 0 radical (unpaired) electrons. The zero-order valence-electron chi connectivity index (χ0n) is 16.0. The van der Waals surface area contributed by atoms with Crippen LogP contribution in [0.5, 0.6) is 0 Å². The van der Waals surface area contributed by atoms with Gasteiger partial charge in [-0.3, -0.25) is 4.79 Å². The summed E-state index contributed by atoms with van der Waals surface area (Å²) in [6.07, 6.45) is 1.95. The van der Waals surface area contributed by atoms with Gasteiger partial charge < -0.3 is 15.0 Å². The van der Waals surface area contributed by atoms with Crippen LogP contribution in [0.4, 0.5) is 5.82 Å². The second kappa shape index (κ2) is 8.31. The standard InChI is InChI=1S/C20H25N5O2/c1-13(2)25-10-8-14(9-11-25)22-19-18(15(12-21)20(26)27-3)23-16-6-4-5-7-17(16)24-19/h4-7,13-15H,8-11H2,1-3H3,(H,22,24)/t15-/m0/s1. The lowest BCUT2D eigenvalue weighted by atomic mass is 10.0. The normalized spacial score (nSPS) is 16.9. The van der Waals surface area contributed by atoms with E-state index in [-0.39, 0.29) is 6.04 Å². The van der Waals surface area contributed by atoms with E-state index in [0.29, 0.717) is 23.1 Å². The predicted octanol–water partition coefficient (Wildman–Crippen LogP) is 2.69. The number of methoxy groups -OCH3 is 1. The molecule has 27 heavy (non-hydrogen) atoms. The lowest BCUT2D eigenvalue weighted by Gasteiger charge is -2.35. The highest BCUT2D eigenvalue weighted by atomic mass is 16.5. The number of piperidine rings is 1. The topological polar surface area (TPSA) is 91.1 Å². The first kappa shape index (κ1) is 19.1. The molecule has 0 aliphatic carbocycles. The number of hydrogen-bond acceptors (Lipinski definition) is 7. The van der Waals surface area contributed by atoms with Crippen molar-refractivity contribution >= 4 is 22.8 Å². The third-order valence-electron chi connectivity index (χ3n) is 5.04. The number of para-hydroxylation sites is 2. The minimum Gasteiger partial charge on any atom is -0.468 e. The fraction of sp³-hybridized carbons (Fsp3) is 0.500. The Morgan fingerprint density at radius 2 is 1.89 bits per heavy atom. The molecule has 7 heteroatoms. The SMILES string of the molecule is COC(=O)[C@@H](C#N)c1nc2ccccc2nc1NC1CCN(C(C)C)CC1. The number of nitriles is 1. The molecule has 1 aliphatic rings. The molecule has 0 amide bonds. The van der Waals surface area contributed by atoms with E-state index in [2.05, 4.69) is 34.0 Å². The number of fused-ring (bicyclic) bond motifs is 1. The van der Waals surface area contributed by atoms with Gasteiger partial charge in [-0.2, -0.15) is 5.26 Å². The van der Waals surface area contributed by atoms with Crippen molar-refractivity contribution in [3.63, 3.8) is 0 Å². The smallest absolute Gasteiger partial charge is 0.329 e. The van der Waals surface area contributed by atoms with E-state index in [1.54, 1.807) is 0 Å². The maximum Gasteiger partial charge on any atom is 0.329 e. The Balaban J connectivity index is 1.92. The Morgan fingerprint density at radius 1 is 1.26 bits per heavy atom. The molecule has 0 saturated carbocycles. The van der Waals surface area contributed by atoms with Crippen molar-refractivity contribution < 1.29 is 9.53 Å². The van der Waals surface area contributed by atoms with Crippen LogP contribution in [0.1, 0.15) is 38.3 Å². The number of esters is 1. The number of nitrogens with one attached hydrogen (secondary N) is 1. The number of rotatable bonds is 5. The van der Waals surface area contributed by atoms with E-state index in [1.807, 2.05) is 30.3 Å². The molecule has 0 spiro atoms. The molecule has 1 aromatic carbocycles. The van der Waals surface area contributed by atoms with Gasteiger partial charge in [-0.25, -0.2) is 9.97 Å². The third-order valence-corrected chi connectivity index (χ3v) is 5.04. The molecule has 1 N–H and O–H groups in total. The maximum absolute atomic E-state index is 12.1. The molecule has 7 nitrogen and oxygen atoms in total. The van der Waals surface area contributed by atoms with Gasteiger partial charge in [-0.15, -0.1) is 0 Å². The average Bonchev–Trinajstić information content (AvgIpc) is 2.69. The van der Waals surface area contributed by atoms with Crippen LogP contribution in [0.3, 0.4) is 0 Å². The van der Waals surface area contributed by atoms with Crippen LogP contribution in [-0.4, -0.2) is 53.1 Å². The van der Waals surface area contributed by atoms with Crippen molar-refractivity contribution in [3.8, 4) is 6.07 Å². The van der Waals surface area contributed by atoms with Gasteiger partial charge in [0.1, 0.15) is 5.69 Å². The zero-order valence-corrected chi connectivity index (χ0v) is 16.0. The Hall–Kier alpha value is -2.72. The number of hydrogen-bond donors (Lipinski definition) is 1. The van der Waals surface area contributed by atoms with Crippen molar-refractivity contribution in [1.29, 1.82) is 5.26 Å². The second-order valence-electron chi connectivity index (χ2n) is 7.08. The monoisotopic (exact) mass is 367 g/mol. The largest absolute Gasteiger partial charge is 0.468 e. The van der Waals surface area contributed by atoms with Crippen LogP contribution in [0, 0.1) is 11.3 Å². The summed E-state index contributed by atoms with van der Waals surface area (Å²) in [4.78, 5) is 23.8. The molecule has 1 atom stereocenters. The number of carbonyl (C=O) groups excluding carboxylic acids is 1. The van der Waals surface area contributed by atoms with Gasteiger partial charge >= 0.3 is 5.97 Å². The molecular weight excluding hydrogens is 342 g/mol. The molecule has 142 valence electrons. The highest BCUT2D eigenvalue weighted by Crippen LogP contribution is 2.27. The zero-order chi connectivity index (χ0) is 19.4. The summed E-state index contributed by atoms with van der Waals surface area (Å²) >= 11 is 0. The van der Waals surface area contributed by atoms with Crippen molar-refractivity contribution in [3.05, 3.63) is 30.0 Å². The van der Waals surface area contributed by atoms with Gasteiger partial charge in [-0.1, -0.05) is 12.1 Å². The molecule has 0 unspecified atom stereocenters. The van der Waals surface area contributed by atoms with Gasteiger partial charge in [0, 0.05) is 25.2 Å². The lowest BCUT2D eigenvalue weighted by molar-refractivity contribution is -0.141. The Bertz CT molecular complexity index is 853. The molecule has 1 aromatic heterocycles. The number of anilines is 1. The molecule has 1 saturated heterocycles. The fourth-order valence-corrected chi connectivity index (χ4v) is 3.42. The molecule has 1 aliphatic heterocycles. The maximum atomic E-state index is 12.1. The number of ether oxygens (including phenoxy) is 1. The van der Waals surface area contributed by atoms with E-state index >= 15 is 0 Å².